The summed E-state index contributed by atoms with van der Waals surface area (Å²) in [6.07, 6.45) is 0. The maximum atomic E-state index is 12.4. The van der Waals surface area contributed by atoms with Gasteiger partial charge in [-0.3, -0.25) is 0 Å². The van der Waals surface area contributed by atoms with Crippen LogP contribution in [0.4, 0.5) is 0 Å². The molecule has 0 aliphatic carbocycles. The Balaban J connectivity index is 2.29. The molecule has 0 unspecified atom stereocenters. The second-order valence-corrected chi connectivity index (χ2v) is 9.71. The molecule has 2 aromatic rings. The van der Waals surface area contributed by atoms with Crippen molar-refractivity contribution in [3.05, 3.63) is 56.5 Å². The van der Waals surface area contributed by atoms with Gasteiger partial charge in [-0.25, -0.2) is 26.7 Å². The lowest BCUT2D eigenvalue weighted by atomic mass is 10.2. The van der Waals surface area contributed by atoms with Gasteiger partial charge in [0, 0.05) is 11.0 Å². The summed E-state index contributed by atoms with van der Waals surface area (Å²) in [7, 11) is -7.87. The predicted molar refractivity (Wildman–Crippen MR) is 96.0 cm³/mol. The number of nitrogens with two attached hydrogens (primary N) is 1. The van der Waals surface area contributed by atoms with Crippen molar-refractivity contribution in [3.63, 3.8) is 0 Å². The summed E-state index contributed by atoms with van der Waals surface area (Å²) in [5.41, 5.74) is 0.412. The van der Waals surface area contributed by atoms with Gasteiger partial charge >= 0.3 is 0 Å². The van der Waals surface area contributed by atoms with E-state index in [0.717, 1.165) is 0 Å². The van der Waals surface area contributed by atoms with E-state index in [9.17, 15) is 16.8 Å². The van der Waals surface area contributed by atoms with E-state index in [-0.39, 0.29) is 26.4 Å². The number of sulfonamides is 2. The van der Waals surface area contributed by atoms with E-state index >= 15 is 0 Å². The standard InChI is InChI=1S/C13H11BrCl2N2O4S2/c14-9-5-11(15)13(12(16)6-9)24(21,22)18-7-8-2-1-3-10(4-8)23(17,19)20/h1-6,18H,7H2,(H2,17,19,20). The summed E-state index contributed by atoms with van der Waals surface area (Å²) in [5.74, 6) is 0. The Bertz CT molecular complexity index is 972. The molecular weight excluding hydrogens is 463 g/mol. The van der Waals surface area contributed by atoms with Crippen LogP contribution in [-0.2, 0) is 26.6 Å². The minimum atomic E-state index is -4.00. The van der Waals surface area contributed by atoms with Crippen LogP contribution in [0.3, 0.4) is 0 Å². The Kier molecular flexibility index (Phi) is 5.96. The molecule has 0 spiro atoms. The summed E-state index contributed by atoms with van der Waals surface area (Å²) < 4.78 is 50.3. The zero-order valence-electron chi connectivity index (χ0n) is 11.8. The molecule has 0 fully saturated rings. The average Bonchev–Trinajstić information content (AvgIpc) is 2.43. The van der Waals surface area contributed by atoms with Crippen LogP contribution < -0.4 is 9.86 Å². The maximum absolute atomic E-state index is 12.4. The van der Waals surface area contributed by atoms with Crippen molar-refractivity contribution in [2.24, 2.45) is 5.14 Å². The first-order valence-corrected chi connectivity index (χ1v) is 10.8. The zero-order chi connectivity index (χ0) is 18.1. The fraction of sp³-hybridized carbons (Fsp3) is 0.0769. The molecule has 0 atom stereocenters. The Morgan fingerprint density at radius 2 is 1.62 bits per heavy atom. The van der Waals surface area contributed by atoms with Crippen molar-refractivity contribution in [1.29, 1.82) is 0 Å². The van der Waals surface area contributed by atoms with Crippen molar-refractivity contribution < 1.29 is 16.8 Å². The van der Waals surface area contributed by atoms with Crippen LogP contribution in [-0.4, -0.2) is 16.8 Å². The molecule has 0 bridgehead atoms. The van der Waals surface area contributed by atoms with Crippen LogP contribution in [0.25, 0.3) is 0 Å². The molecule has 0 saturated heterocycles. The highest BCUT2D eigenvalue weighted by Crippen LogP contribution is 2.32. The first-order chi connectivity index (χ1) is 11.0. The van der Waals surface area contributed by atoms with Gasteiger partial charge in [-0.15, -0.1) is 0 Å². The van der Waals surface area contributed by atoms with Crippen LogP contribution in [0, 0.1) is 0 Å². The van der Waals surface area contributed by atoms with E-state index in [4.69, 9.17) is 28.3 Å². The molecule has 0 aliphatic heterocycles. The first kappa shape index (κ1) is 19.6. The Hall–Kier alpha value is -0.680. The predicted octanol–water partition coefficient (Wildman–Crippen LogP) is 2.88. The number of halogens is 3. The fourth-order valence-corrected chi connectivity index (χ4v) is 5.40. The summed E-state index contributed by atoms with van der Waals surface area (Å²) in [4.78, 5) is -0.365. The Labute approximate surface area is 158 Å². The third kappa shape index (κ3) is 4.69. The highest BCUT2D eigenvalue weighted by atomic mass is 79.9. The van der Waals surface area contributed by atoms with Gasteiger partial charge < -0.3 is 0 Å². The zero-order valence-corrected chi connectivity index (χ0v) is 16.6. The first-order valence-electron chi connectivity index (χ1n) is 6.26. The van der Waals surface area contributed by atoms with Gasteiger partial charge in [0.15, 0.2) is 0 Å². The van der Waals surface area contributed by atoms with Gasteiger partial charge in [0.1, 0.15) is 4.90 Å². The summed E-state index contributed by atoms with van der Waals surface area (Å²) in [6.45, 7) is -0.158. The molecule has 0 aromatic heterocycles. The molecule has 0 radical (unpaired) electrons. The van der Waals surface area contributed by atoms with Crippen molar-refractivity contribution in [2.45, 2.75) is 16.3 Å². The van der Waals surface area contributed by atoms with Gasteiger partial charge in [0.25, 0.3) is 0 Å². The van der Waals surface area contributed by atoms with Gasteiger partial charge in [-0.2, -0.15) is 0 Å². The number of nitrogens with one attached hydrogen (secondary N) is 1. The lowest BCUT2D eigenvalue weighted by Crippen LogP contribution is -2.24. The van der Waals surface area contributed by atoms with Crippen molar-refractivity contribution in [3.8, 4) is 0 Å². The topological polar surface area (TPSA) is 106 Å². The average molecular weight is 474 g/mol. The van der Waals surface area contributed by atoms with E-state index in [2.05, 4.69) is 20.7 Å². The van der Waals surface area contributed by atoms with Crippen molar-refractivity contribution >= 4 is 59.2 Å². The summed E-state index contributed by atoms with van der Waals surface area (Å²) in [5, 5.41) is 4.96. The molecule has 0 aliphatic rings. The highest BCUT2D eigenvalue weighted by Gasteiger charge is 2.22. The third-order valence-electron chi connectivity index (χ3n) is 2.93. The van der Waals surface area contributed by atoms with E-state index < -0.39 is 20.0 Å². The van der Waals surface area contributed by atoms with Crippen LogP contribution in [0.2, 0.25) is 10.0 Å². The van der Waals surface area contributed by atoms with Crippen LogP contribution in [0.5, 0.6) is 0 Å². The van der Waals surface area contributed by atoms with Gasteiger partial charge in [-0.1, -0.05) is 51.3 Å². The number of hydrogen-bond acceptors (Lipinski definition) is 4. The molecule has 3 N–H and O–H groups in total. The summed E-state index contributed by atoms with van der Waals surface area (Å²) in [6, 6.07) is 8.43. The molecule has 24 heavy (non-hydrogen) atoms. The fourth-order valence-electron chi connectivity index (χ4n) is 1.87. The normalized spacial score (nSPS) is 12.3. The van der Waals surface area contributed by atoms with E-state index in [1.54, 1.807) is 6.07 Å². The molecule has 11 heteroatoms. The monoisotopic (exact) mass is 472 g/mol. The number of hydrogen-bond donors (Lipinski definition) is 2. The minimum Gasteiger partial charge on any atom is -0.225 e. The van der Waals surface area contributed by atoms with Gasteiger partial charge in [0.2, 0.25) is 20.0 Å². The molecule has 0 amide bonds. The van der Waals surface area contributed by atoms with Crippen LogP contribution in [0.1, 0.15) is 5.56 Å². The quantitative estimate of drug-likeness (QED) is 0.696. The van der Waals surface area contributed by atoms with Crippen molar-refractivity contribution in [2.75, 3.05) is 0 Å². The molecular formula is C13H11BrCl2N2O4S2. The van der Waals surface area contributed by atoms with Crippen LogP contribution >= 0.6 is 39.1 Å². The Morgan fingerprint density at radius 3 is 2.17 bits per heavy atom. The second kappa shape index (κ2) is 7.28. The number of benzene rings is 2. The largest absolute Gasteiger partial charge is 0.243 e. The lowest BCUT2D eigenvalue weighted by Gasteiger charge is -2.11. The molecule has 6 nitrogen and oxygen atoms in total. The number of primary sulfonamides is 1. The van der Waals surface area contributed by atoms with E-state index in [1.807, 2.05) is 0 Å². The number of rotatable bonds is 5. The molecule has 130 valence electrons. The lowest BCUT2D eigenvalue weighted by molar-refractivity contribution is 0.581. The molecule has 2 rings (SSSR count). The smallest absolute Gasteiger partial charge is 0.225 e. The van der Waals surface area contributed by atoms with Gasteiger partial charge in [0.05, 0.1) is 14.9 Å². The molecule has 2 aromatic carbocycles. The molecule has 0 saturated carbocycles. The van der Waals surface area contributed by atoms with Crippen molar-refractivity contribution in [1.82, 2.24) is 4.72 Å². The minimum absolute atomic E-state index is 0.0415. The highest BCUT2D eigenvalue weighted by molar-refractivity contribution is 9.10. The van der Waals surface area contributed by atoms with Gasteiger partial charge in [-0.05, 0) is 29.8 Å². The van der Waals surface area contributed by atoms with Crippen LogP contribution in [0.15, 0.2) is 50.7 Å². The second-order valence-electron chi connectivity index (χ2n) is 4.72. The summed E-state index contributed by atoms with van der Waals surface area (Å²) >= 11 is 15.1. The van der Waals surface area contributed by atoms with E-state index in [0.29, 0.717) is 10.0 Å². The van der Waals surface area contributed by atoms with E-state index in [1.165, 1.54) is 30.3 Å². The Morgan fingerprint density at radius 1 is 1.04 bits per heavy atom. The SMILES string of the molecule is NS(=O)(=O)c1cccc(CNS(=O)(=O)c2c(Cl)cc(Br)cc2Cl)c1. The molecule has 0 heterocycles. The maximum Gasteiger partial charge on any atom is 0.243 e. The third-order valence-corrected chi connectivity index (χ3v) is 6.62.